The van der Waals surface area contributed by atoms with Crippen LogP contribution in [0.1, 0.15) is 120 Å². The molecule has 0 heterocycles. The predicted molar refractivity (Wildman–Crippen MR) is 172 cm³/mol. The number of nitrogens with one attached hydrogen (secondary N) is 2. The first-order chi connectivity index (χ1) is 20.0. The van der Waals surface area contributed by atoms with Gasteiger partial charge in [-0.15, -0.1) is 0 Å². The second-order valence-electron chi connectivity index (χ2n) is 17.5. The molecule has 5 fully saturated rings. The minimum Gasteiger partial charge on any atom is -0.467 e. The van der Waals surface area contributed by atoms with Gasteiger partial charge in [-0.3, -0.25) is 0 Å². The molecule has 0 aliphatic heterocycles. The Morgan fingerprint density at radius 2 is 1.60 bits per heavy atom. The van der Waals surface area contributed by atoms with E-state index in [-0.39, 0.29) is 45.1 Å². The molecule has 244 valence electrons. The number of urea groups is 1. The van der Waals surface area contributed by atoms with Crippen molar-refractivity contribution in [2.45, 2.75) is 132 Å². The highest BCUT2D eigenvalue weighted by atomic mass is 16.5. The lowest BCUT2D eigenvalue weighted by molar-refractivity contribution is -0.247. The first kappa shape index (κ1) is 32.8. The largest absolute Gasteiger partial charge is 0.467 e. The van der Waals surface area contributed by atoms with Gasteiger partial charge in [0.25, 0.3) is 0 Å². The van der Waals surface area contributed by atoms with Crippen LogP contribution in [-0.4, -0.2) is 42.9 Å². The number of carbonyl (C=O) groups is 2. The van der Waals surface area contributed by atoms with Crippen LogP contribution in [0.2, 0.25) is 0 Å². The summed E-state index contributed by atoms with van der Waals surface area (Å²) in [6.07, 6.45) is 11.5. The van der Waals surface area contributed by atoms with Crippen molar-refractivity contribution in [2.75, 3.05) is 13.7 Å². The number of aliphatic hydroxyl groups is 1. The minimum atomic E-state index is -0.655. The number of carbonyl (C=O) groups excluding carboxylic acids is 2. The molecule has 5 saturated carbocycles. The van der Waals surface area contributed by atoms with Crippen LogP contribution in [0.15, 0.2) is 12.2 Å². The Kier molecular flexibility index (Phi) is 8.44. The number of hydrogen-bond donors (Lipinski definition) is 3. The van der Waals surface area contributed by atoms with Crippen LogP contribution in [0.4, 0.5) is 4.79 Å². The van der Waals surface area contributed by atoms with Crippen LogP contribution in [0, 0.1) is 62.6 Å². The van der Waals surface area contributed by atoms with Crippen LogP contribution in [0.3, 0.4) is 0 Å². The van der Waals surface area contributed by atoms with Gasteiger partial charge in [0.2, 0.25) is 0 Å². The number of aliphatic hydroxyl groups excluding tert-OH is 1. The Labute approximate surface area is 261 Å². The van der Waals surface area contributed by atoms with Crippen LogP contribution in [0.25, 0.3) is 0 Å². The molecule has 5 aliphatic rings. The fourth-order valence-electron chi connectivity index (χ4n) is 12.7. The number of allylic oxidation sites excluding steroid dienone is 1. The average molecular weight is 599 g/mol. The number of fused-ring (bicyclic) bond motifs is 7. The summed E-state index contributed by atoms with van der Waals surface area (Å²) >= 11 is 0. The molecule has 0 bridgehead atoms. The summed E-state index contributed by atoms with van der Waals surface area (Å²) in [5, 5.41) is 17.2. The minimum absolute atomic E-state index is 0.0288. The molecule has 5 rings (SSSR count). The van der Waals surface area contributed by atoms with Gasteiger partial charge in [0, 0.05) is 6.54 Å². The number of rotatable bonds is 6. The molecule has 0 spiro atoms. The molecule has 43 heavy (non-hydrogen) atoms. The van der Waals surface area contributed by atoms with Crippen LogP contribution in [-0.2, 0) is 9.53 Å². The van der Waals surface area contributed by atoms with Crippen molar-refractivity contribution in [3.8, 4) is 0 Å². The van der Waals surface area contributed by atoms with E-state index in [4.69, 9.17) is 4.74 Å². The zero-order valence-corrected chi connectivity index (χ0v) is 28.8. The highest BCUT2D eigenvalue weighted by molar-refractivity contribution is 5.83. The average Bonchev–Trinajstić information content (AvgIpc) is 3.33. The Balaban J connectivity index is 1.42. The van der Waals surface area contributed by atoms with E-state index in [0.29, 0.717) is 36.1 Å². The summed E-state index contributed by atoms with van der Waals surface area (Å²) in [5.41, 5.74) is 2.12. The van der Waals surface area contributed by atoms with Crippen molar-refractivity contribution in [1.82, 2.24) is 10.6 Å². The van der Waals surface area contributed by atoms with Gasteiger partial charge in [-0.25, -0.2) is 9.59 Å². The maximum absolute atomic E-state index is 13.2. The van der Waals surface area contributed by atoms with Crippen molar-refractivity contribution in [3.05, 3.63) is 12.2 Å². The lowest BCUT2D eigenvalue weighted by Crippen LogP contribution is -2.67. The Morgan fingerprint density at radius 1 is 0.907 bits per heavy atom. The molecule has 0 saturated heterocycles. The van der Waals surface area contributed by atoms with Gasteiger partial charge in [-0.2, -0.15) is 0 Å². The number of methoxy groups -OCH3 is 1. The van der Waals surface area contributed by atoms with Crippen LogP contribution >= 0.6 is 0 Å². The van der Waals surface area contributed by atoms with Gasteiger partial charge < -0.3 is 20.5 Å². The van der Waals surface area contributed by atoms with E-state index in [1.54, 1.807) is 0 Å². The first-order valence-corrected chi connectivity index (χ1v) is 17.4. The zero-order valence-electron chi connectivity index (χ0n) is 28.8. The van der Waals surface area contributed by atoms with Crippen LogP contribution in [0.5, 0.6) is 0 Å². The second-order valence-corrected chi connectivity index (χ2v) is 17.5. The van der Waals surface area contributed by atoms with Gasteiger partial charge in [0.1, 0.15) is 6.04 Å². The maximum atomic E-state index is 13.2. The zero-order chi connectivity index (χ0) is 31.8. The summed E-state index contributed by atoms with van der Waals surface area (Å²) in [4.78, 5) is 25.5. The lowest BCUT2D eigenvalue weighted by atomic mass is 9.32. The molecular formula is C37H62N2O4. The number of esters is 1. The topological polar surface area (TPSA) is 87.7 Å². The van der Waals surface area contributed by atoms with E-state index in [0.717, 1.165) is 32.1 Å². The van der Waals surface area contributed by atoms with Crippen molar-refractivity contribution >= 4 is 12.0 Å². The third kappa shape index (κ3) is 4.81. The molecule has 5 aliphatic carbocycles. The van der Waals surface area contributed by atoms with Gasteiger partial charge in [0.15, 0.2) is 0 Å². The van der Waals surface area contributed by atoms with Crippen molar-refractivity contribution in [3.63, 3.8) is 0 Å². The number of hydrogen-bond acceptors (Lipinski definition) is 4. The molecular weight excluding hydrogens is 536 g/mol. The van der Waals surface area contributed by atoms with Gasteiger partial charge in [-0.1, -0.05) is 60.6 Å². The van der Waals surface area contributed by atoms with Crippen molar-refractivity contribution in [2.24, 2.45) is 62.6 Å². The highest BCUT2D eigenvalue weighted by Crippen LogP contribution is 2.77. The molecule has 0 radical (unpaired) electrons. The summed E-state index contributed by atoms with van der Waals surface area (Å²) < 4.78 is 4.95. The summed E-state index contributed by atoms with van der Waals surface area (Å²) in [7, 11) is 1.37. The van der Waals surface area contributed by atoms with E-state index in [1.165, 1.54) is 44.8 Å². The van der Waals surface area contributed by atoms with Crippen molar-refractivity contribution in [1.29, 1.82) is 0 Å². The molecule has 11 atom stereocenters. The summed E-state index contributed by atoms with van der Waals surface area (Å²) in [6, 6.07) is -0.925. The molecule has 3 N–H and O–H groups in total. The lowest BCUT2D eigenvalue weighted by Gasteiger charge is -2.73. The van der Waals surface area contributed by atoms with E-state index in [9.17, 15) is 14.7 Å². The number of amides is 2. The third-order valence-electron chi connectivity index (χ3n) is 15.2. The van der Waals surface area contributed by atoms with Crippen molar-refractivity contribution < 1.29 is 19.4 Å². The van der Waals surface area contributed by atoms with E-state index in [1.807, 2.05) is 13.8 Å². The smallest absolute Gasteiger partial charge is 0.328 e. The fraction of sp³-hybridized carbons (Fsp3) is 0.892. The molecule has 0 unspecified atom stereocenters. The van der Waals surface area contributed by atoms with Gasteiger partial charge >= 0.3 is 12.0 Å². The number of ether oxygens (including phenoxy) is 1. The molecule has 0 aromatic heterocycles. The monoisotopic (exact) mass is 598 g/mol. The molecule has 6 nitrogen and oxygen atoms in total. The summed E-state index contributed by atoms with van der Waals surface area (Å²) in [6.45, 7) is 23.8. The standard InChI is InChI=1S/C37H62N2O4/c1-22(2)24-13-18-37(21-38-32(42)39-30(23(3)4)31(41)43-10)20-19-35(8)25(29(24)37)11-12-27-34(7)16-15-28(40)33(5,6)26(34)14-17-36(27,35)9/h23-30,40H,1,11-21H2,2-10H3,(H2,38,39,42)/t24-,25+,26-,27+,28-,29+,30+,34-,35+,36+,37+/m0/s1. The third-order valence-corrected chi connectivity index (χ3v) is 15.2. The maximum Gasteiger partial charge on any atom is 0.328 e. The fourth-order valence-corrected chi connectivity index (χ4v) is 12.7. The Bertz CT molecular complexity index is 1120. The Morgan fingerprint density at radius 3 is 2.23 bits per heavy atom. The molecule has 2 amide bonds. The first-order valence-electron chi connectivity index (χ1n) is 17.4. The normalized spacial score (nSPS) is 45.6. The van der Waals surface area contributed by atoms with Gasteiger partial charge in [-0.05, 0) is 134 Å². The molecule has 0 aromatic rings. The van der Waals surface area contributed by atoms with E-state index < -0.39 is 12.0 Å². The Hall–Kier alpha value is -1.56. The van der Waals surface area contributed by atoms with E-state index in [2.05, 4.69) is 58.8 Å². The summed E-state index contributed by atoms with van der Waals surface area (Å²) in [5.74, 6) is 2.41. The SMILES string of the molecule is C=C(C)[C@@H]1CC[C@]2(CNC(=O)N[C@@H](C(=O)OC)C(C)C)CC[C@]3(C)[C@H](CC[C@@H]4[C@@]5(C)CC[C@H](O)C(C)(C)[C@@H]5CC[C@]43C)[C@@H]12. The van der Waals surface area contributed by atoms with Gasteiger partial charge in [0.05, 0.1) is 13.2 Å². The molecule has 6 heteroatoms. The molecule has 0 aromatic carbocycles. The predicted octanol–water partition coefficient (Wildman–Crippen LogP) is 7.50. The second kappa shape index (κ2) is 11.1. The van der Waals surface area contributed by atoms with Crippen LogP contribution < -0.4 is 10.6 Å². The van der Waals surface area contributed by atoms with E-state index >= 15 is 0 Å². The quantitative estimate of drug-likeness (QED) is 0.218. The highest BCUT2D eigenvalue weighted by Gasteiger charge is 2.70.